The Balaban J connectivity index is 1.92. The molecule has 0 unspecified atom stereocenters. The number of hydrogen-bond donors (Lipinski definition) is 2. The van der Waals surface area contributed by atoms with Crippen LogP contribution >= 0.6 is 11.6 Å². The van der Waals surface area contributed by atoms with E-state index in [0.717, 1.165) is 12.1 Å². The number of rotatable bonds is 4. The average Bonchev–Trinajstić information content (AvgIpc) is 2.92. The van der Waals surface area contributed by atoms with Crippen molar-refractivity contribution in [2.75, 3.05) is 4.72 Å². The van der Waals surface area contributed by atoms with Crippen molar-refractivity contribution in [3.05, 3.63) is 53.4 Å². The lowest BCUT2D eigenvalue weighted by Gasteiger charge is -2.11. The first-order valence-electron chi connectivity index (χ1n) is 6.90. The average molecular weight is 409 g/mol. The third kappa shape index (κ3) is 3.86. The van der Waals surface area contributed by atoms with Crippen molar-refractivity contribution in [2.24, 2.45) is 0 Å². The fourth-order valence-corrected chi connectivity index (χ4v) is 3.69. The number of halogens is 5. The highest BCUT2D eigenvalue weighted by Gasteiger charge is 2.31. The number of anilines is 1. The monoisotopic (exact) mass is 408 g/mol. The molecule has 11 heteroatoms. The number of aromatic amines is 1. The maximum Gasteiger partial charge on any atom is 0.573 e. The molecular formula is C15H9ClF4N2O3S. The normalized spacial score (nSPS) is 12.3. The molecule has 0 saturated carbocycles. The highest BCUT2D eigenvalue weighted by atomic mass is 35.5. The van der Waals surface area contributed by atoms with Crippen LogP contribution in [0.15, 0.2) is 47.5 Å². The van der Waals surface area contributed by atoms with Gasteiger partial charge in [-0.3, -0.25) is 4.72 Å². The van der Waals surface area contributed by atoms with Gasteiger partial charge in [-0.1, -0.05) is 11.6 Å². The van der Waals surface area contributed by atoms with Crippen LogP contribution in [-0.4, -0.2) is 19.8 Å². The van der Waals surface area contributed by atoms with Gasteiger partial charge in [-0.15, -0.1) is 13.2 Å². The van der Waals surface area contributed by atoms with Crippen molar-refractivity contribution < 1.29 is 30.7 Å². The number of benzene rings is 2. The zero-order chi connectivity index (χ0) is 19.1. The van der Waals surface area contributed by atoms with Crippen molar-refractivity contribution in [1.82, 2.24) is 4.98 Å². The van der Waals surface area contributed by atoms with Gasteiger partial charge in [-0.2, -0.15) is 0 Å². The Labute approximate surface area is 149 Å². The highest BCUT2D eigenvalue weighted by Crippen LogP contribution is 2.30. The van der Waals surface area contributed by atoms with E-state index < -0.39 is 33.6 Å². The van der Waals surface area contributed by atoms with Crippen molar-refractivity contribution in [1.29, 1.82) is 0 Å². The van der Waals surface area contributed by atoms with Crippen LogP contribution in [0.2, 0.25) is 5.02 Å². The molecule has 0 saturated heterocycles. The van der Waals surface area contributed by atoms with Gasteiger partial charge in [0.05, 0.1) is 5.69 Å². The van der Waals surface area contributed by atoms with Gasteiger partial charge in [0, 0.05) is 28.2 Å². The van der Waals surface area contributed by atoms with E-state index in [-0.39, 0.29) is 4.90 Å². The summed E-state index contributed by atoms with van der Waals surface area (Å²) in [5.74, 6) is -2.03. The van der Waals surface area contributed by atoms with Crippen LogP contribution in [0.1, 0.15) is 0 Å². The predicted octanol–water partition coefficient (Wildman–Crippen LogP) is 4.66. The molecule has 3 aromatic rings. The summed E-state index contributed by atoms with van der Waals surface area (Å²) in [7, 11) is -4.21. The summed E-state index contributed by atoms with van der Waals surface area (Å²) in [5.41, 5.74) is -0.0740. The summed E-state index contributed by atoms with van der Waals surface area (Å²) in [6, 6.07) is 6.53. The Morgan fingerprint density at radius 2 is 1.85 bits per heavy atom. The van der Waals surface area contributed by atoms with E-state index in [2.05, 4.69) is 9.72 Å². The van der Waals surface area contributed by atoms with Crippen LogP contribution in [0.4, 0.5) is 23.2 Å². The molecule has 0 aliphatic carbocycles. The quantitative estimate of drug-likeness (QED) is 0.617. The Bertz CT molecular complexity index is 1080. The summed E-state index contributed by atoms with van der Waals surface area (Å²) >= 11 is 5.83. The molecular weight excluding hydrogens is 400 g/mol. The minimum absolute atomic E-state index is 0.167. The first-order chi connectivity index (χ1) is 12.0. The summed E-state index contributed by atoms with van der Waals surface area (Å²) in [4.78, 5) is 2.56. The minimum Gasteiger partial charge on any atom is -0.406 e. The Hall–Kier alpha value is -2.46. The van der Waals surface area contributed by atoms with Crippen LogP contribution in [0, 0.1) is 5.82 Å². The van der Waals surface area contributed by atoms with E-state index in [1.54, 1.807) is 0 Å². The Kier molecular flexibility index (Phi) is 4.49. The molecule has 0 bridgehead atoms. The van der Waals surface area contributed by atoms with Gasteiger partial charge in [0.25, 0.3) is 10.0 Å². The zero-order valence-electron chi connectivity index (χ0n) is 12.6. The molecule has 5 nitrogen and oxygen atoms in total. The largest absolute Gasteiger partial charge is 0.573 e. The highest BCUT2D eigenvalue weighted by molar-refractivity contribution is 7.93. The van der Waals surface area contributed by atoms with Gasteiger partial charge < -0.3 is 9.72 Å². The second-order valence-electron chi connectivity index (χ2n) is 5.14. The third-order valence-electron chi connectivity index (χ3n) is 3.31. The molecule has 0 spiro atoms. The number of fused-ring (bicyclic) bond motifs is 1. The molecule has 1 aromatic heterocycles. The van der Waals surface area contributed by atoms with Crippen LogP contribution < -0.4 is 9.46 Å². The predicted molar refractivity (Wildman–Crippen MR) is 87.2 cm³/mol. The summed E-state index contributed by atoms with van der Waals surface area (Å²) < 4.78 is 80.9. The number of sulfonamides is 1. The lowest BCUT2D eigenvalue weighted by atomic mass is 10.2. The minimum atomic E-state index is -4.99. The van der Waals surface area contributed by atoms with Crippen molar-refractivity contribution >= 4 is 38.2 Å². The number of H-pyrrole nitrogens is 1. The van der Waals surface area contributed by atoms with Crippen molar-refractivity contribution in [2.45, 2.75) is 11.3 Å². The topological polar surface area (TPSA) is 71.2 Å². The van der Waals surface area contributed by atoms with E-state index in [1.807, 2.05) is 4.72 Å². The van der Waals surface area contributed by atoms with Gasteiger partial charge in [0.15, 0.2) is 5.82 Å². The first-order valence-corrected chi connectivity index (χ1v) is 8.76. The van der Waals surface area contributed by atoms with Crippen LogP contribution in [-0.2, 0) is 10.0 Å². The maximum absolute atomic E-state index is 14.0. The Morgan fingerprint density at radius 1 is 1.12 bits per heavy atom. The number of alkyl halides is 3. The van der Waals surface area contributed by atoms with Gasteiger partial charge in [-0.05, 0) is 30.3 Å². The van der Waals surface area contributed by atoms with Crippen LogP contribution in [0.25, 0.3) is 10.9 Å². The van der Waals surface area contributed by atoms with E-state index in [0.29, 0.717) is 22.0 Å². The first kappa shape index (κ1) is 18.3. The summed E-state index contributed by atoms with van der Waals surface area (Å²) in [6.07, 6.45) is -3.79. The molecule has 0 fully saturated rings. The van der Waals surface area contributed by atoms with Gasteiger partial charge in [-0.25, -0.2) is 12.8 Å². The van der Waals surface area contributed by atoms with E-state index in [9.17, 15) is 26.0 Å². The standard InChI is InChI=1S/C15H9ClF4N2O3S/c16-8-1-3-10-13(5-8)21-7-14(10)26(23,24)22-12-4-2-9(6-11(12)17)25-15(18,19)20/h1-7,21-22H. The smallest absolute Gasteiger partial charge is 0.406 e. The number of aromatic nitrogens is 1. The van der Waals surface area contributed by atoms with E-state index in [1.165, 1.54) is 24.4 Å². The Morgan fingerprint density at radius 3 is 2.50 bits per heavy atom. The number of nitrogens with one attached hydrogen (secondary N) is 2. The molecule has 0 radical (unpaired) electrons. The third-order valence-corrected chi connectivity index (χ3v) is 4.95. The number of ether oxygens (including phenoxy) is 1. The lowest BCUT2D eigenvalue weighted by Crippen LogP contribution is -2.17. The molecule has 138 valence electrons. The van der Waals surface area contributed by atoms with Gasteiger partial charge in [0.1, 0.15) is 10.6 Å². The molecule has 0 atom stereocenters. The molecule has 2 N–H and O–H groups in total. The molecule has 3 rings (SSSR count). The van der Waals surface area contributed by atoms with Gasteiger partial charge >= 0.3 is 6.36 Å². The zero-order valence-corrected chi connectivity index (χ0v) is 14.1. The molecule has 1 heterocycles. The molecule has 0 amide bonds. The van der Waals surface area contributed by atoms with Crippen molar-refractivity contribution in [3.63, 3.8) is 0 Å². The maximum atomic E-state index is 14.0. The van der Waals surface area contributed by atoms with E-state index in [4.69, 9.17) is 11.6 Å². The number of hydrogen-bond acceptors (Lipinski definition) is 3. The van der Waals surface area contributed by atoms with Crippen molar-refractivity contribution in [3.8, 4) is 5.75 Å². The second kappa shape index (κ2) is 6.36. The fraction of sp³-hybridized carbons (Fsp3) is 0.0667. The van der Waals surface area contributed by atoms with E-state index >= 15 is 0 Å². The van der Waals surface area contributed by atoms with Crippen LogP contribution in [0.5, 0.6) is 5.75 Å². The molecule has 26 heavy (non-hydrogen) atoms. The fourth-order valence-electron chi connectivity index (χ4n) is 2.27. The molecule has 0 aliphatic heterocycles. The molecule has 0 aliphatic rings. The van der Waals surface area contributed by atoms with Gasteiger partial charge in [0.2, 0.25) is 0 Å². The lowest BCUT2D eigenvalue weighted by molar-refractivity contribution is -0.274. The van der Waals surface area contributed by atoms with Crippen LogP contribution in [0.3, 0.4) is 0 Å². The summed E-state index contributed by atoms with van der Waals surface area (Å²) in [5, 5.41) is 0.710. The SMILES string of the molecule is O=S(=O)(Nc1ccc(OC(F)(F)F)cc1F)c1c[nH]c2cc(Cl)ccc12. The summed E-state index contributed by atoms with van der Waals surface area (Å²) in [6.45, 7) is 0. The second-order valence-corrected chi connectivity index (χ2v) is 7.23. The molecule has 2 aromatic carbocycles.